The minimum atomic E-state index is -1.02. The average molecular weight is 514 g/mol. The second-order valence-corrected chi connectivity index (χ2v) is 9.08. The lowest BCUT2D eigenvalue weighted by molar-refractivity contribution is -0.126. The van der Waals surface area contributed by atoms with Crippen molar-refractivity contribution in [2.45, 2.75) is 19.1 Å². The number of aromatic hydroxyl groups is 1. The van der Waals surface area contributed by atoms with Crippen LogP contribution < -0.4 is 9.96 Å². The number of nitrogens with zero attached hydrogens (tertiary/aromatic N) is 2. The van der Waals surface area contributed by atoms with Gasteiger partial charge in [0.25, 0.3) is 5.91 Å². The molecule has 2 aliphatic rings. The molecule has 2 amide bonds. The van der Waals surface area contributed by atoms with Crippen LogP contribution in [-0.2, 0) is 14.4 Å². The molecular formula is C24H18BrClN2O4. The summed E-state index contributed by atoms with van der Waals surface area (Å²) in [6, 6.07) is 18.6. The Bertz CT molecular complexity index is 1240. The minimum Gasteiger partial charge on any atom is -0.508 e. The summed E-state index contributed by atoms with van der Waals surface area (Å²) in [6.45, 7) is 1.76. The lowest BCUT2D eigenvalue weighted by Gasteiger charge is -2.29. The van der Waals surface area contributed by atoms with Gasteiger partial charge in [-0.2, -0.15) is 0 Å². The third kappa shape index (κ3) is 3.20. The summed E-state index contributed by atoms with van der Waals surface area (Å²) in [5, 5.41) is 12.7. The second-order valence-electron chi connectivity index (χ2n) is 7.76. The number of hydroxylamine groups is 1. The normalized spacial score (nSPS) is 22.5. The number of fused-ring (bicyclic) bond motifs is 1. The second kappa shape index (κ2) is 7.92. The number of anilines is 2. The van der Waals surface area contributed by atoms with Gasteiger partial charge < -0.3 is 5.11 Å². The highest BCUT2D eigenvalue weighted by atomic mass is 79.9. The summed E-state index contributed by atoms with van der Waals surface area (Å²) in [4.78, 5) is 34.3. The molecule has 3 atom stereocenters. The Kier molecular flexibility index (Phi) is 5.20. The number of rotatable bonds is 3. The Morgan fingerprint density at radius 2 is 1.75 bits per heavy atom. The molecule has 2 heterocycles. The quantitative estimate of drug-likeness (QED) is 0.490. The van der Waals surface area contributed by atoms with Crippen LogP contribution in [0.1, 0.15) is 17.2 Å². The van der Waals surface area contributed by atoms with Gasteiger partial charge in [-0.1, -0.05) is 51.8 Å². The first kappa shape index (κ1) is 21.0. The van der Waals surface area contributed by atoms with Crippen LogP contribution in [0.5, 0.6) is 5.75 Å². The highest BCUT2D eigenvalue weighted by Gasteiger charge is 2.61. The molecule has 0 bridgehead atoms. The van der Waals surface area contributed by atoms with E-state index in [2.05, 4.69) is 15.9 Å². The monoisotopic (exact) mass is 512 g/mol. The third-order valence-corrected chi connectivity index (χ3v) is 6.82. The Labute approximate surface area is 198 Å². The number of amides is 2. The molecule has 2 saturated heterocycles. The molecule has 0 aromatic heterocycles. The average Bonchev–Trinajstić information content (AvgIpc) is 3.29. The van der Waals surface area contributed by atoms with Crippen molar-refractivity contribution in [1.82, 2.24) is 0 Å². The maximum absolute atomic E-state index is 13.7. The Morgan fingerprint density at radius 1 is 1.00 bits per heavy atom. The lowest BCUT2D eigenvalue weighted by Crippen LogP contribution is -2.37. The van der Waals surface area contributed by atoms with Crippen LogP contribution in [0.25, 0.3) is 0 Å². The predicted molar refractivity (Wildman–Crippen MR) is 125 cm³/mol. The van der Waals surface area contributed by atoms with Crippen molar-refractivity contribution in [2.75, 3.05) is 9.96 Å². The Balaban J connectivity index is 1.64. The number of carbonyl (C=O) groups is 2. The zero-order valence-electron chi connectivity index (χ0n) is 16.9. The molecule has 162 valence electrons. The van der Waals surface area contributed by atoms with Crippen LogP contribution in [0.15, 0.2) is 71.2 Å². The summed E-state index contributed by atoms with van der Waals surface area (Å²) in [7, 11) is 0. The molecule has 3 unspecified atom stereocenters. The maximum Gasteiger partial charge on any atom is 0.266 e. The summed E-state index contributed by atoms with van der Waals surface area (Å²) < 4.78 is 0.737. The number of phenols is 1. The fourth-order valence-electron chi connectivity index (χ4n) is 4.37. The molecule has 0 radical (unpaired) electrons. The molecule has 3 aromatic carbocycles. The van der Waals surface area contributed by atoms with Crippen molar-refractivity contribution >= 4 is 50.7 Å². The highest BCUT2D eigenvalue weighted by molar-refractivity contribution is 9.10. The molecule has 5 rings (SSSR count). The number of hydrogen-bond donors (Lipinski definition) is 1. The largest absolute Gasteiger partial charge is 0.508 e. The van der Waals surface area contributed by atoms with E-state index in [0.29, 0.717) is 27.5 Å². The fraction of sp³-hybridized carbons (Fsp3) is 0.167. The van der Waals surface area contributed by atoms with Gasteiger partial charge in [0, 0.05) is 15.1 Å². The van der Waals surface area contributed by atoms with Crippen molar-refractivity contribution in [3.05, 3.63) is 87.4 Å². The zero-order valence-corrected chi connectivity index (χ0v) is 19.2. The molecule has 0 aliphatic carbocycles. The molecule has 1 N–H and O–H groups in total. The number of phenolic OH excluding ortho intramolecular Hbond substituents is 1. The van der Waals surface area contributed by atoms with Crippen LogP contribution in [-0.4, -0.2) is 23.0 Å². The van der Waals surface area contributed by atoms with E-state index in [9.17, 15) is 14.7 Å². The van der Waals surface area contributed by atoms with Crippen molar-refractivity contribution in [3.8, 4) is 5.75 Å². The van der Waals surface area contributed by atoms with Crippen LogP contribution in [0.3, 0.4) is 0 Å². The SMILES string of the molecule is Cc1c(Cl)cccc1N1C(=O)C2ON(c3ccccc3)C(c3cc(Br)ccc3O)C2C1=O. The van der Waals surface area contributed by atoms with Crippen LogP contribution in [0.4, 0.5) is 11.4 Å². The number of hydrogen-bond acceptors (Lipinski definition) is 5. The Morgan fingerprint density at radius 3 is 2.50 bits per heavy atom. The fourth-order valence-corrected chi connectivity index (χ4v) is 4.92. The minimum absolute atomic E-state index is 0.0148. The highest BCUT2D eigenvalue weighted by Crippen LogP contribution is 2.50. The maximum atomic E-state index is 13.7. The summed E-state index contributed by atoms with van der Waals surface area (Å²) >= 11 is 9.69. The van der Waals surface area contributed by atoms with Crippen molar-refractivity contribution < 1.29 is 19.5 Å². The first-order valence-corrected chi connectivity index (χ1v) is 11.2. The summed E-state index contributed by atoms with van der Waals surface area (Å²) in [5.74, 6) is -1.68. The standard InChI is InChI=1S/C24H18BrClN2O4/c1-13-17(26)8-5-9-18(13)27-23(30)20-21(16-12-14(25)10-11-19(16)29)28(32-22(20)24(27)31)15-6-3-2-4-7-15/h2-12,20-22,29H,1H3. The number of carbonyl (C=O) groups excluding carboxylic acids is 2. The van der Waals surface area contributed by atoms with Gasteiger partial charge in [0.2, 0.25) is 5.91 Å². The van der Waals surface area contributed by atoms with E-state index in [-0.39, 0.29) is 5.75 Å². The molecule has 8 heteroatoms. The number of para-hydroxylation sites is 1. The van der Waals surface area contributed by atoms with Crippen LogP contribution in [0.2, 0.25) is 5.02 Å². The van der Waals surface area contributed by atoms with Gasteiger partial charge in [-0.3, -0.25) is 14.4 Å². The smallest absolute Gasteiger partial charge is 0.266 e. The van der Waals surface area contributed by atoms with E-state index in [1.165, 1.54) is 0 Å². The van der Waals surface area contributed by atoms with Crippen LogP contribution >= 0.6 is 27.5 Å². The summed E-state index contributed by atoms with van der Waals surface area (Å²) in [6.07, 6.45) is -1.02. The number of imide groups is 1. The van der Waals surface area contributed by atoms with Crippen LogP contribution in [0, 0.1) is 12.8 Å². The Hall–Kier alpha value is -2.87. The van der Waals surface area contributed by atoms with Gasteiger partial charge in [0.1, 0.15) is 11.7 Å². The van der Waals surface area contributed by atoms with Gasteiger partial charge in [-0.05, 0) is 55.0 Å². The van der Waals surface area contributed by atoms with E-state index in [1.54, 1.807) is 48.4 Å². The summed E-state index contributed by atoms with van der Waals surface area (Å²) in [5.41, 5.74) is 2.24. The third-order valence-electron chi connectivity index (χ3n) is 5.91. The van der Waals surface area contributed by atoms with Gasteiger partial charge in [0.05, 0.1) is 17.4 Å². The van der Waals surface area contributed by atoms with Crippen molar-refractivity contribution in [2.24, 2.45) is 5.92 Å². The molecular weight excluding hydrogens is 496 g/mol. The van der Waals surface area contributed by atoms with E-state index < -0.39 is 29.9 Å². The van der Waals surface area contributed by atoms with E-state index >= 15 is 0 Å². The van der Waals surface area contributed by atoms with Gasteiger partial charge in [0.15, 0.2) is 6.10 Å². The van der Waals surface area contributed by atoms with E-state index in [1.807, 2.05) is 30.3 Å². The first-order chi connectivity index (χ1) is 15.4. The van der Waals surface area contributed by atoms with Gasteiger partial charge >= 0.3 is 0 Å². The molecule has 2 fully saturated rings. The van der Waals surface area contributed by atoms with Crippen molar-refractivity contribution in [1.29, 1.82) is 0 Å². The topological polar surface area (TPSA) is 70.1 Å². The molecule has 32 heavy (non-hydrogen) atoms. The van der Waals surface area contributed by atoms with E-state index in [0.717, 1.165) is 9.37 Å². The van der Waals surface area contributed by atoms with E-state index in [4.69, 9.17) is 16.4 Å². The molecule has 6 nitrogen and oxygen atoms in total. The first-order valence-electron chi connectivity index (χ1n) is 10.0. The molecule has 0 spiro atoms. The molecule has 3 aromatic rings. The number of halogens is 2. The number of benzene rings is 3. The predicted octanol–water partition coefficient (Wildman–Crippen LogP) is 5.17. The molecule has 2 aliphatic heterocycles. The van der Waals surface area contributed by atoms with Gasteiger partial charge in [-0.25, -0.2) is 9.96 Å². The lowest BCUT2D eigenvalue weighted by atomic mass is 9.90. The van der Waals surface area contributed by atoms with Crippen molar-refractivity contribution in [3.63, 3.8) is 0 Å². The molecule has 0 saturated carbocycles. The zero-order chi connectivity index (χ0) is 22.6. The van der Waals surface area contributed by atoms with Gasteiger partial charge in [-0.15, -0.1) is 0 Å².